The molecule has 18 radical (unpaired) electrons. The summed E-state index contributed by atoms with van der Waals surface area (Å²) in [7, 11) is 6.93. The Balaban J connectivity index is 0.000000203. The van der Waals surface area contributed by atoms with Crippen LogP contribution in [0.2, 0.25) is 0 Å². The minimum Gasteiger partial charge on any atom is -0.318 e. The summed E-state index contributed by atoms with van der Waals surface area (Å²) in [5.41, 5.74) is 25.7. The van der Waals surface area contributed by atoms with Gasteiger partial charge in [0, 0.05) is 0 Å². The van der Waals surface area contributed by atoms with Crippen molar-refractivity contribution >= 4 is 132 Å². The number of rotatable bonds is 18. The van der Waals surface area contributed by atoms with E-state index >= 15 is 0 Å². The van der Waals surface area contributed by atoms with Gasteiger partial charge in [-0.2, -0.15) is 0 Å². The summed E-state index contributed by atoms with van der Waals surface area (Å²) in [5, 5.41) is 13.5. The van der Waals surface area contributed by atoms with Gasteiger partial charge in [0.15, 0.2) is 0 Å². The van der Waals surface area contributed by atoms with Crippen molar-refractivity contribution in [3.05, 3.63) is 278 Å². The molecular weight excluding hydrogens is 1210 g/mol. The molecule has 9 aromatic rings. The van der Waals surface area contributed by atoms with E-state index in [-0.39, 0.29) is 17.4 Å². The van der Waals surface area contributed by atoms with E-state index in [0.29, 0.717) is 0 Å². The zero-order chi connectivity index (χ0) is 60.8. The molecule has 0 aliphatic carbocycles. The van der Waals surface area contributed by atoms with E-state index in [1.807, 2.05) is 0 Å². The van der Waals surface area contributed by atoms with E-state index in [2.05, 4.69) is 288 Å². The molecule has 85 heavy (non-hydrogen) atoms. The van der Waals surface area contributed by atoms with Gasteiger partial charge >= 0.3 is 17.4 Å². The van der Waals surface area contributed by atoms with Crippen molar-refractivity contribution in [2.75, 3.05) is 0 Å². The van der Waals surface area contributed by atoms with Crippen LogP contribution in [0.1, 0.15) is 100 Å². The molecule has 420 valence electrons. The van der Waals surface area contributed by atoms with Crippen LogP contribution in [-0.2, 0) is 17.4 Å². The van der Waals surface area contributed by atoms with Crippen molar-refractivity contribution < 1.29 is 17.4 Å². The zero-order valence-electron chi connectivity index (χ0n) is 53.5. The first-order valence-electron chi connectivity index (χ1n) is 29.2. The minimum absolute atomic E-state index is 0. The Hall–Kier alpha value is -4.54. The fraction of sp³-hybridized carbons (Fsp3) is 0.240. The molecule has 0 heterocycles. The molecule has 0 N–H and O–H groups in total. The molecule has 0 fully saturated rings. The van der Waals surface area contributed by atoms with Gasteiger partial charge in [-0.1, -0.05) is 261 Å². The van der Waals surface area contributed by atoms with Crippen molar-refractivity contribution in [1.29, 1.82) is 0 Å². The fourth-order valence-corrected chi connectivity index (χ4v) is 26.5. The molecule has 9 rings (SSSR count). The summed E-state index contributed by atoms with van der Waals surface area (Å²) in [6, 6.07) is 60.8. The van der Waals surface area contributed by atoms with Crippen molar-refractivity contribution in [3.63, 3.8) is 0 Å². The first-order valence-corrected chi connectivity index (χ1v) is 38.2. The van der Waals surface area contributed by atoms with Gasteiger partial charge in [-0.15, -0.1) is 85.7 Å². The van der Waals surface area contributed by atoms with Crippen LogP contribution in [0.3, 0.4) is 0 Å². The quantitative estimate of drug-likeness (QED) is 0.0594. The van der Waals surface area contributed by atoms with Gasteiger partial charge in [0.05, 0.1) is 0 Å². The topological polar surface area (TPSA) is 0 Å². The Morgan fingerprint density at radius 1 is 0.165 bits per heavy atom. The second kappa shape index (κ2) is 33.2. The van der Waals surface area contributed by atoms with E-state index < -0.39 is 0 Å². The number of hydrogen-bond acceptors (Lipinski definition) is 0. The molecular formula is C75H81CrSi9+3. The monoisotopic (exact) mass is 1290 g/mol. The molecule has 9 aromatic carbocycles. The standard InChI is InChI=1S/3C25H27Si3.Cr/c3*1-16-10-7-13-22(19(16)4)26-25(27-23-14-8-11-17(2)20(23)5)28-24-15-9-12-18(3)21(24)6;/h3*7-15H,1-6H3;/q3*-1;+6. The molecule has 0 aliphatic rings. The summed E-state index contributed by atoms with van der Waals surface area (Å²) >= 11 is 0. The van der Waals surface area contributed by atoms with E-state index in [9.17, 15) is 0 Å². The molecule has 0 aromatic heterocycles. The predicted octanol–water partition coefficient (Wildman–Crippen LogP) is 10.1. The van der Waals surface area contributed by atoms with E-state index in [1.54, 1.807) is 14.4 Å². The first kappa shape index (κ1) is 69.6. The SMILES string of the molecule is Cc1cccc([Si][C-]([Si]c2cccc(C)c2C)[Si]c2cccc(C)c2C)c1C.Cc1cccc([Si][C-]([Si]c2cccc(C)c2C)[Si]c2cccc(C)c2C)c1C.Cc1cccc([Si][C-]([Si]c2cccc(C)c2C)[Si]c2cccc(C)c2C)c1C.[Cr+6]. The number of aryl methyl sites for hydroxylation is 9. The molecule has 0 aliphatic heterocycles. The Morgan fingerprint density at radius 2 is 0.259 bits per heavy atom. The van der Waals surface area contributed by atoms with E-state index in [1.165, 1.54) is 147 Å². The third kappa shape index (κ3) is 19.2. The number of hydrogen-bond donors (Lipinski definition) is 0. The van der Waals surface area contributed by atoms with Gasteiger partial charge in [0.1, 0.15) is 0 Å². The second-order valence-electron chi connectivity index (χ2n) is 22.5. The zero-order valence-corrected chi connectivity index (χ0v) is 63.8. The van der Waals surface area contributed by atoms with Crippen LogP contribution in [0.5, 0.6) is 0 Å². The summed E-state index contributed by atoms with van der Waals surface area (Å²) < 4.78 is 0. The Labute approximate surface area is 548 Å². The molecule has 0 unspecified atom stereocenters. The summed E-state index contributed by atoms with van der Waals surface area (Å²) in [6.07, 6.45) is 0. The maximum absolute atomic E-state index is 2.32. The van der Waals surface area contributed by atoms with Gasteiger partial charge in [0.25, 0.3) is 0 Å². The minimum atomic E-state index is 0. The molecule has 0 atom stereocenters. The summed E-state index contributed by atoms with van der Waals surface area (Å²) in [4.78, 5) is 5.03. The average molecular weight is 1290 g/mol. The predicted molar refractivity (Wildman–Crippen MR) is 381 cm³/mol. The van der Waals surface area contributed by atoms with Crippen LogP contribution in [0, 0.1) is 139 Å². The third-order valence-corrected chi connectivity index (χ3v) is 33.1. The summed E-state index contributed by atoms with van der Waals surface area (Å²) in [6.45, 7) is 40.5. The van der Waals surface area contributed by atoms with Crippen LogP contribution in [0.15, 0.2) is 164 Å². The van der Waals surface area contributed by atoms with Crippen LogP contribution in [0.25, 0.3) is 0 Å². The van der Waals surface area contributed by atoms with Crippen LogP contribution in [-0.4, -0.2) is 85.7 Å². The maximum Gasteiger partial charge on any atom is 6.00 e. The van der Waals surface area contributed by atoms with Crippen molar-refractivity contribution in [2.45, 2.75) is 125 Å². The molecule has 0 saturated heterocycles. The molecule has 0 spiro atoms. The Kier molecular flexibility index (Phi) is 27.1. The van der Waals surface area contributed by atoms with Gasteiger partial charge < -0.3 is 14.4 Å². The van der Waals surface area contributed by atoms with Gasteiger partial charge in [-0.25, -0.2) is 0 Å². The normalized spacial score (nSPS) is 11.1. The van der Waals surface area contributed by atoms with Crippen LogP contribution in [0.4, 0.5) is 0 Å². The van der Waals surface area contributed by atoms with Crippen molar-refractivity contribution in [1.82, 2.24) is 0 Å². The van der Waals surface area contributed by atoms with Crippen LogP contribution >= 0.6 is 0 Å². The average Bonchev–Trinajstić information content (AvgIpc) is 3.67. The van der Waals surface area contributed by atoms with Gasteiger partial charge in [0.2, 0.25) is 0 Å². The van der Waals surface area contributed by atoms with Gasteiger partial charge in [-0.3, -0.25) is 0 Å². The molecule has 0 saturated carbocycles. The third-order valence-electron chi connectivity index (χ3n) is 16.8. The largest absolute Gasteiger partial charge is 6.00 e. The molecule has 0 nitrogen and oxygen atoms in total. The second-order valence-corrected chi connectivity index (χ2v) is 38.6. The first-order chi connectivity index (χ1) is 40.1. The van der Waals surface area contributed by atoms with E-state index in [4.69, 9.17) is 0 Å². The maximum atomic E-state index is 2.32. The van der Waals surface area contributed by atoms with E-state index in [0.717, 1.165) is 85.7 Å². The summed E-state index contributed by atoms with van der Waals surface area (Å²) in [5.74, 6) is 0. The fourth-order valence-electron chi connectivity index (χ4n) is 9.47. The molecule has 0 bridgehead atoms. The van der Waals surface area contributed by atoms with Crippen molar-refractivity contribution in [2.24, 2.45) is 0 Å². The van der Waals surface area contributed by atoms with Crippen molar-refractivity contribution in [3.8, 4) is 0 Å². The Morgan fingerprint density at radius 3 is 0.353 bits per heavy atom. The van der Waals surface area contributed by atoms with Crippen LogP contribution < -0.4 is 46.7 Å². The number of benzene rings is 9. The molecule has 10 heteroatoms. The van der Waals surface area contributed by atoms with Gasteiger partial charge in [-0.05, 0) is 175 Å². The Bertz CT molecular complexity index is 2930. The molecule has 0 amide bonds. The smallest absolute Gasteiger partial charge is 0.318 e.